The fraction of sp³-hybridized carbons (Fsp3) is 0.0909. The second kappa shape index (κ2) is 3.34. The molecule has 0 fully saturated rings. The number of nitrogens with zero attached hydrogens (tertiary/aromatic N) is 1. The van der Waals surface area contributed by atoms with E-state index >= 15 is 0 Å². The summed E-state index contributed by atoms with van der Waals surface area (Å²) in [6.07, 6.45) is -3.25. The number of aromatic nitrogens is 3. The number of halogens is 3. The van der Waals surface area contributed by atoms with Crippen LogP contribution in [0, 0.1) is 0 Å². The molecule has 0 aliphatic rings. The summed E-state index contributed by atoms with van der Waals surface area (Å²) in [5.74, 6) is 0. The smallest absolute Gasteiger partial charge is 0.349 e. The fourth-order valence-corrected chi connectivity index (χ4v) is 1.88. The van der Waals surface area contributed by atoms with Gasteiger partial charge in [0.15, 0.2) is 0 Å². The highest BCUT2D eigenvalue weighted by molar-refractivity contribution is 6.04. The van der Waals surface area contributed by atoms with Crippen molar-refractivity contribution in [2.75, 3.05) is 0 Å². The Morgan fingerprint density at radius 1 is 1.22 bits per heavy atom. The number of H-pyrrole nitrogens is 2. The van der Waals surface area contributed by atoms with Crippen molar-refractivity contribution in [3.05, 3.63) is 40.4 Å². The summed E-state index contributed by atoms with van der Waals surface area (Å²) in [4.78, 5) is 20.5. The molecule has 7 heteroatoms. The lowest BCUT2D eigenvalue weighted by Gasteiger charge is -2.05. The third-order valence-electron chi connectivity index (χ3n) is 2.71. The largest absolute Gasteiger partial charge is 0.416 e. The van der Waals surface area contributed by atoms with Crippen LogP contribution in [0.5, 0.6) is 0 Å². The molecule has 4 nitrogen and oxygen atoms in total. The second-order valence-electron chi connectivity index (χ2n) is 3.84. The first-order chi connectivity index (χ1) is 8.47. The number of nitrogens with one attached hydrogen (secondary N) is 2. The van der Waals surface area contributed by atoms with Crippen molar-refractivity contribution in [3.63, 3.8) is 0 Å². The van der Waals surface area contributed by atoms with Crippen molar-refractivity contribution >= 4 is 21.9 Å². The molecule has 0 amide bonds. The number of hydrogen-bond acceptors (Lipinski definition) is 2. The van der Waals surface area contributed by atoms with Crippen LogP contribution in [0.3, 0.4) is 0 Å². The summed E-state index contributed by atoms with van der Waals surface area (Å²) >= 11 is 0. The molecule has 2 heterocycles. The average Bonchev–Trinajstić information content (AvgIpc) is 2.67. The minimum Gasteiger partial charge on any atom is -0.349 e. The van der Waals surface area contributed by atoms with Gasteiger partial charge in [-0.3, -0.25) is 4.79 Å². The molecule has 2 aromatic heterocycles. The lowest BCUT2D eigenvalue weighted by Crippen LogP contribution is -2.05. The summed E-state index contributed by atoms with van der Waals surface area (Å²) in [5, 5.41) is 0.283. The fourth-order valence-electron chi connectivity index (χ4n) is 1.88. The minimum atomic E-state index is -4.42. The van der Waals surface area contributed by atoms with Gasteiger partial charge in [0.25, 0.3) is 5.56 Å². The molecule has 0 saturated heterocycles. The molecule has 0 unspecified atom stereocenters. The summed E-state index contributed by atoms with van der Waals surface area (Å²) in [7, 11) is 0. The molecule has 0 bridgehead atoms. The van der Waals surface area contributed by atoms with Gasteiger partial charge in [0, 0.05) is 10.9 Å². The van der Waals surface area contributed by atoms with E-state index in [1.54, 1.807) is 0 Å². The van der Waals surface area contributed by atoms with E-state index < -0.39 is 17.3 Å². The van der Waals surface area contributed by atoms with Gasteiger partial charge < -0.3 is 9.97 Å². The zero-order chi connectivity index (χ0) is 12.9. The van der Waals surface area contributed by atoms with E-state index in [1.807, 2.05) is 0 Å². The van der Waals surface area contributed by atoms with Crippen LogP contribution in [0.2, 0.25) is 0 Å². The highest BCUT2D eigenvalue weighted by Gasteiger charge is 2.30. The highest BCUT2D eigenvalue weighted by atomic mass is 19.4. The number of fused-ring (bicyclic) bond motifs is 3. The Morgan fingerprint density at radius 2 is 2.00 bits per heavy atom. The van der Waals surface area contributed by atoms with Crippen LogP contribution in [0.15, 0.2) is 29.3 Å². The molecule has 0 spiro atoms. The number of benzene rings is 1. The van der Waals surface area contributed by atoms with E-state index in [0.717, 1.165) is 18.5 Å². The van der Waals surface area contributed by atoms with Crippen molar-refractivity contribution < 1.29 is 13.2 Å². The van der Waals surface area contributed by atoms with E-state index in [9.17, 15) is 18.0 Å². The lowest BCUT2D eigenvalue weighted by atomic mass is 10.1. The van der Waals surface area contributed by atoms with Gasteiger partial charge in [0.1, 0.15) is 11.0 Å². The Morgan fingerprint density at radius 3 is 2.72 bits per heavy atom. The third kappa shape index (κ3) is 1.47. The van der Waals surface area contributed by atoms with Gasteiger partial charge >= 0.3 is 6.18 Å². The molecule has 3 rings (SSSR count). The third-order valence-corrected chi connectivity index (χ3v) is 2.71. The molecule has 0 radical (unpaired) electrons. The SMILES string of the molecule is O=c1[nH]cnc2c1[nH]c1ccc(C(F)(F)F)cc12. The van der Waals surface area contributed by atoms with Gasteiger partial charge in [0.05, 0.1) is 11.9 Å². The first-order valence-corrected chi connectivity index (χ1v) is 5.03. The maximum Gasteiger partial charge on any atom is 0.416 e. The monoisotopic (exact) mass is 253 g/mol. The van der Waals surface area contributed by atoms with Crippen LogP contribution >= 0.6 is 0 Å². The van der Waals surface area contributed by atoms with Crippen molar-refractivity contribution in [2.45, 2.75) is 6.18 Å². The van der Waals surface area contributed by atoms with E-state index in [2.05, 4.69) is 15.0 Å². The molecular weight excluding hydrogens is 247 g/mol. The predicted octanol–water partition coefficient (Wildman–Crippen LogP) is 2.42. The van der Waals surface area contributed by atoms with Gasteiger partial charge in [-0.1, -0.05) is 0 Å². The van der Waals surface area contributed by atoms with Gasteiger partial charge in [-0.15, -0.1) is 0 Å². The molecular formula is C11H6F3N3O. The number of rotatable bonds is 0. The number of alkyl halides is 3. The molecule has 2 N–H and O–H groups in total. The van der Waals surface area contributed by atoms with E-state index in [0.29, 0.717) is 5.52 Å². The summed E-state index contributed by atoms with van der Waals surface area (Å²) in [5.41, 5.74) is -0.323. The topological polar surface area (TPSA) is 61.5 Å². The number of aromatic amines is 2. The normalized spacial score (nSPS) is 12.4. The molecule has 0 aliphatic heterocycles. The van der Waals surface area contributed by atoms with Gasteiger partial charge in [-0.25, -0.2) is 4.98 Å². The molecule has 3 aromatic rings. The second-order valence-corrected chi connectivity index (χ2v) is 3.84. The van der Waals surface area contributed by atoms with E-state index in [1.165, 1.54) is 6.07 Å². The minimum absolute atomic E-state index is 0.173. The van der Waals surface area contributed by atoms with Crippen LogP contribution in [-0.4, -0.2) is 15.0 Å². The zero-order valence-corrected chi connectivity index (χ0v) is 8.80. The zero-order valence-electron chi connectivity index (χ0n) is 8.80. The van der Waals surface area contributed by atoms with E-state index in [4.69, 9.17) is 0 Å². The van der Waals surface area contributed by atoms with E-state index in [-0.39, 0.29) is 16.4 Å². The van der Waals surface area contributed by atoms with Crippen LogP contribution in [0.1, 0.15) is 5.56 Å². The molecule has 18 heavy (non-hydrogen) atoms. The maximum absolute atomic E-state index is 12.6. The Labute approximate surface area is 97.5 Å². The maximum atomic E-state index is 12.6. The van der Waals surface area contributed by atoms with Crippen molar-refractivity contribution in [3.8, 4) is 0 Å². The van der Waals surface area contributed by atoms with Gasteiger partial charge in [-0.05, 0) is 18.2 Å². The average molecular weight is 253 g/mol. The lowest BCUT2D eigenvalue weighted by molar-refractivity contribution is -0.137. The molecule has 0 aliphatic carbocycles. The van der Waals surface area contributed by atoms with Crippen molar-refractivity contribution in [1.82, 2.24) is 15.0 Å². The van der Waals surface area contributed by atoms with Crippen molar-refractivity contribution in [1.29, 1.82) is 0 Å². The van der Waals surface area contributed by atoms with Crippen LogP contribution in [-0.2, 0) is 6.18 Å². The van der Waals surface area contributed by atoms with Crippen LogP contribution < -0.4 is 5.56 Å². The molecule has 1 aromatic carbocycles. The Kier molecular flexibility index (Phi) is 2.01. The van der Waals surface area contributed by atoms with Crippen LogP contribution in [0.25, 0.3) is 21.9 Å². The van der Waals surface area contributed by atoms with Gasteiger partial charge in [-0.2, -0.15) is 13.2 Å². The Hall–Kier alpha value is -2.31. The summed E-state index contributed by atoms with van der Waals surface area (Å²) in [6.45, 7) is 0. The first-order valence-electron chi connectivity index (χ1n) is 5.03. The summed E-state index contributed by atoms with van der Waals surface area (Å²) in [6, 6.07) is 3.24. The predicted molar refractivity (Wildman–Crippen MR) is 59.2 cm³/mol. The molecule has 0 atom stereocenters. The quantitative estimate of drug-likeness (QED) is 0.646. The Bertz CT molecular complexity index is 800. The summed E-state index contributed by atoms with van der Waals surface area (Å²) < 4.78 is 37.8. The van der Waals surface area contributed by atoms with Crippen LogP contribution in [0.4, 0.5) is 13.2 Å². The standard InChI is InChI=1S/C11H6F3N3O/c12-11(13,14)5-1-2-7-6(3-5)8-9(17-7)10(18)16-4-15-8/h1-4,17H,(H,15,16,18). The first kappa shape index (κ1) is 10.8. The number of hydrogen-bond donors (Lipinski definition) is 2. The van der Waals surface area contributed by atoms with Gasteiger partial charge in [0.2, 0.25) is 0 Å². The highest BCUT2D eigenvalue weighted by Crippen LogP contribution is 2.32. The molecule has 0 saturated carbocycles. The Balaban J connectivity index is 2.44. The molecule has 92 valence electrons. The van der Waals surface area contributed by atoms with Crippen molar-refractivity contribution in [2.24, 2.45) is 0 Å².